The first-order valence-electron chi connectivity index (χ1n) is 8.36. The Morgan fingerprint density at radius 1 is 1.00 bits per heavy atom. The van der Waals surface area contributed by atoms with Crippen molar-refractivity contribution in [3.05, 3.63) is 78.2 Å². The summed E-state index contributed by atoms with van der Waals surface area (Å²) in [4.78, 5) is 16.8. The molecule has 134 valence electrons. The van der Waals surface area contributed by atoms with E-state index in [1.165, 1.54) is 7.11 Å². The van der Waals surface area contributed by atoms with Crippen LogP contribution < -0.4 is 4.74 Å². The van der Waals surface area contributed by atoms with Crippen molar-refractivity contribution >= 4 is 16.7 Å². The number of nitrogens with zero attached hydrogens (tertiary/aromatic N) is 2. The molecule has 4 aromatic rings. The number of carbonyl (C=O) groups is 1. The molecular formula is C21H16N2O4. The Labute approximate surface area is 155 Å². The number of ether oxygens (including phenoxy) is 2. The van der Waals surface area contributed by atoms with Gasteiger partial charge in [0.25, 0.3) is 5.89 Å². The summed E-state index contributed by atoms with van der Waals surface area (Å²) >= 11 is 0. The van der Waals surface area contributed by atoms with Gasteiger partial charge < -0.3 is 14.0 Å². The Morgan fingerprint density at radius 2 is 1.70 bits per heavy atom. The summed E-state index contributed by atoms with van der Waals surface area (Å²) in [6.07, 6.45) is 0. The number of hydrogen-bond donors (Lipinski definition) is 0. The minimum absolute atomic E-state index is 0.116. The SMILES string of the molecule is COc1cc2ccccc2cc1C(=O)OCc1nc(-c2ccccc2)no1. The van der Waals surface area contributed by atoms with E-state index in [0.717, 1.165) is 16.3 Å². The number of aromatic nitrogens is 2. The lowest BCUT2D eigenvalue weighted by molar-refractivity contribution is 0.0426. The molecule has 0 unspecified atom stereocenters. The summed E-state index contributed by atoms with van der Waals surface area (Å²) in [7, 11) is 1.52. The van der Waals surface area contributed by atoms with Gasteiger partial charge in [-0.05, 0) is 22.9 Å². The highest BCUT2D eigenvalue weighted by molar-refractivity contribution is 5.98. The van der Waals surface area contributed by atoms with E-state index in [9.17, 15) is 4.79 Å². The van der Waals surface area contributed by atoms with E-state index < -0.39 is 5.97 Å². The number of benzene rings is 3. The first-order chi connectivity index (χ1) is 13.2. The molecular weight excluding hydrogens is 344 g/mol. The van der Waals surface area contributed by atoms with Crippen LogP contribution >= 0.6 is 0 Å². The lowest BCUT2D eigenvalue weighted by Gasteiger charge is -2.09. The first-order valence-corrected chi connectivity index (χ1v) is 8.36. The molecule has 0 saturated heterocycles. The average Bonchev–Trinajstić information content (AvgIpc) is 3.20. The van der Waals surface area contributed by atoms with Gasteiger partial charge in [0.05, 0.1) is 7.11 Å². The van der Waals surface area contributed by atoms with E-state index in [1.807, 2.05) is 60.7 Å². The fourth-order valence-electron chi connectivity index (χ4n) is 2.77. The highest BCUT2D eigenvalue weighted by Crippen LogP contribution is 2.27. The van der Waals surface area contributed by atoms with Crippen LogP contribution in [-0.2, 0) is 11.3 Å². The zero-order valence-corrected chi connectivity index (χ0v) is 14.6. The summed E-state index contributed by atoms with van der Waals surface area (Å²) < 4.78 is 15.8. The van der Waals surface area contributed by atoms with Gasteiger partial charge in [-0.2, -0.15) is 4.98 Å². The third kappa shape index (κ3) is 3.50. The highest BCUT2D eigenvalue weighted by atomic mass is 16.6. The molecule has 0 radical (unpaired) electrons. The molecule has 0 fully saturated rings. The molecule has 0 atom stereocenters. The van der Waals surface area contributed by atoms with Gasteiger partial charge in [0, 0.05) is 5.56 Å². The van der Waals surface area contributed by atoms with Crippen molar-refractivity contribution in [2.45, 2.75) is 6.61 Å². The van der Waals surface area contributed by atoms with Gasteiger partial charge in [0.15, 0.2) is 6.61 Å². The second-order valence-corrected chi connectivity index (χ2v) is 5.85. The normalized spacial score (nSPS) is 10.7. The van der Waals surface area contributed by atoms with Crippen molar-refractivity contribution in [3.8, 4) is 17.1 Å². The van der Waals surface area contributed by atoms with Crippen LogP contribution in [0.15, 0.2) is 71.3 Å². The fourth-order valence-corrected chi connectivity index (χ4v) is 2.77. The van der Waals surface area contributed by atoms with Crippen molar-refractivity contribution in [2.75, 3.05) is 7.11 Å². The average molecular weight is 360 g/mol. The van der Waals surface area contributed by atoms with Gasteiger partial charge in [-0.15, -0.1) is 0 Å². The van der Waals surface area contributed by atoms with Crippen LogP contribution in [0.3, 0.4) is 0 Å². The molecule has 27 heavy (non-hydrogen) atoms. The molecule has 6 heteroatoms. The van der Waals surface area contributed by atoms with Crippen molar-refractivity contribution in [1.82, 2.24) is 10.1 Å². The van der Waals surface area contributed by atoms with Crippen LogP contribution in [0.1, 0.15) is 16.2 Å². The summed E-state index contributed by atoms with van der Waals surface area (Å²) in [5, 5.41) is 5.82. The van der Waals surface area contributed by atoms with Crippen molar-refractivity contribution in [1.29, 1.82) is 0 Å². The Bertz CT molecular complexity index is 1090. The molecule has 0 aliphatic carbocycles. The van der Waals surface area contributed by atoms with Gasteiger partial charge >= 0.3 is 5.97 Å². The Kier molecular flexibility index (Phi) is 4.53. The number of methoxy groups -OCH3 is 1. The monoisotopic (exact) mass is 360 g/mol. The number of hydrogen-bond acceptors (Lipinski definition) is 6. The van der Waals surface area contributed by atoms with E-state index in [1.54, 1.807) is 6.07 Å². The van der Waals surface area contributed by atoms with Crippen molar-refractivity contribution in [2.24, 2.45) is 0 Å². The first kappa shape index (κ1) is 16.8. The van der Waals surface area contributed by atoms with Gasteiger partial charge in [0.1, 0.15) is 11.3 Å². The van der Waals surface area contributed by atoms with Crippen LogP contribution in [0.5, 0.6) is 5.75 Å². The summed E-state index contributed by atoms with van der Waals surface area (Å²) in [5.41, 5.74) is 1.18. The largest absolute Gasteiger partial charge is 0.496 e. The van der Waals surface area contributed by atoms with E-state index in [2.05, 4.69) is 10.1 Å². The fraction of sp³-hybridized carbons (Fsp3) is 0.0952. The lowest BCUT2D eigenvalue weighted by atomic mass is 10.1. The van der Waals surface area contributed by atoms with Crippen LogP contribution in [0, 0.1) is 0 Å². The maximum Gasteiger partial charge on any atom is 0.342 e. The number of rotatable bonds is 5. The molecule has 0 aliphatic rings. The summed E-state index contributed by atoms with van der Waals surface area (Å²) in [5.74, 6) is 0.609. The maximum atomic E-state index is 12.5. The molecule has 0 saturated carbocycles. The van der Waals surface area contributed by atoms with Gasteiger partial charge in [-0.3, -0.25) is 0 Å². The van der Waals surface area contributed by atoms with Crippen molar-refractivity contribution in [3.63, 3.8) is 0 Å². The van der Waals surface area contributed by atoms with E-state index in [4.69, 9.17) is 14.0 Å². The number of esters is 1. The molecule has 0 spiro atoms. The molecule has 1 aromatic heterocycles. The van der Waals surface area contributed by atoms with Crippen LogP contribution in [0.2, 0.25) is 0 Å². The van der Waals surface area contributed by atoms with Crippen LogP contribution in [0.4, 0.5) is 0 Å². The quantitative estimate of drug-likeness (QED) is 0.495. The summed E-state index contributed by atoms with van der Waals surface area (Å²) in [6, 6.07) is 20.7. The molecule has 0 N–H and O–H groups in total. The summed E-state index contributed by atoms with van der Waals surface area (Å²) in [6.45, 7) is -0.116. The third-order valence-electron chi connectivity index (χ3n) is 4.11. The predicted molar refractivity (Wildman–Crippen MR) is 99.4 cm³/mol. The van der Waals surface area contributed by atoms with Crippen LogP contribution in [0.25, 0.3) is 22.2 Å². The highest BCUT2D eigenvalue weighted by Gasteiger charge is 2.17. The zero-order valence-electron chi connectivity index (χ0n) is 14.6. The molecule has 1 heterocycles. The van der Waals surface area contributed by atoms with Crippen molar-refractivity contribution < 1.29 is 18.8 Å². The van der Waals surface area contributed by atoms with E-state index >= 15 is 0 Å². The minimum Gasteiger partial charge on any atom is -0.496 e. The van der Waals surface area contributed by atoms with E-state index in [-0.39, 0.29) is 12.5 Å². The van der Waals surface area contributed by atoms with Crippen LogP contribution in [-0.4, -0.2) is 23.2 Å². The minimum atomic E-state index is -0.517. The topological polar surface area (TPSA) is 74.5 Å². The third-order valence-corrected chi connectivity index (χ3v) is 4.11. The molecule has 6 nitrogen and oxygen atoms in total. The number of carbonyl (C=O) groups excluding carboxylic acids is 1. The smallest absolute Gasteiger partial charge is 0.342 e. The van der Waals surface area contributed by atoms with Gasteiger partial charge in [-0.25, -0.2) is 4.79 Å². The zero-order chi connectivity index (χ0) is 18.6. The molecule has 3 aromatic carbocycles. The molecule has 0 amide bonds. The molecule has 0 bridgehead atoms. The second-order valence-electron chi connectivity index (χ2n) is 5.85. The standard InChI is InChI=1S/C21H16N2O4/c1-25-18-12-16-10-6-5-9-15(16)11-17(18)21(24)26-13-19-22-20(23-27-19)14-7-3-2-4-8-14/h2-12H,13H2,1H3. The Balaban J connectivity index is 1.51. The Hall–Kier alpha value is -3.67. The number of fused-ring (bicyclic) bond motifs is 1. The lowest BCUT2D eigenvalue weighted by Crippen LogP contribution is -2.07. The molecule has 4 rings (SSSR count). The Morgan fingerprint density at radius 3 is 2.44 bits per heavy atom. The van der Waals surface area contributed by atoms with Gasteiger partial charge in [0.2, 0.25) is 5.82 Å². The van der Waals surface area contributed by atoms with Gasteiger partial charge in [-0.1, -0.05) is 59.8 Å². The second kappa shape index (κ2) is 7.29. The predicted octanol–water partition coefficient (Wildman–Crippen LogP) is 4.26. The molecule has 0 aliphatic heterocycles. The van der Waals surface area contributed by atoms with E-state index in [0.29, 0.717) is 17.1 Å². The maximum absolute atomic E-state index is 12.5.